The number of para-hydroxylation sites is 1. The van der Waals surface area contributed by atoms with Crippen LogP contribution in [0.1, 0.15) is 16.2 Å². The van der Waals surface area contributed by atoms with Gasteiger partial charge in [-0.25, -0.2) is 4.98 Å². The lowest BCUT2D eigenvalue weighted by molar-refractivity contribution is 0.0951. The fraction of sp³-hybridized carbons (Fsp3) is 0.167. The summed E-state index contributed by atoms with van der Waals surface area (Å²) in [6.07, 6.45) is 3.38. The molecule has 5 nitrogen and oxygen atoms in total. The Morgan fingerprint density at radius 2 is 2.24 bits per heavy atom. The third-order valence-electron chi connectivity index (χ3n) is 2.41. The number of amides is 1. The molecule has 88 valence electrons. The van der Waals surface area contributed by atoms with Gasteiger partial charge in [0.1, 0.15) is 5.82 Å². The fourth-order valence-electron chi connectivity index (χ4n) is 1.55. The number of carbonyl (C=O) groups is 1. The molecule has 2 rings (SSSR count). The molecular weight excluding hydrogens is 216 g/mol. The van der Waals surface area contributed by atoms with Crippen LogP contribution in [0.15, 0.2) is 36.7 Å². The standard InChI is InChI=1S/C12H14N4O/c1-13-10-5-3-2-4-9(10)12(17)16-8-11-14-6-7-15-11/h2-7,13H,8H2,1H3,(H,14,15)(H,16,17). The van der Waals surface area contributed by atoms with E-state index in [1.54, 1.807) is 25.5 Å². The number of benzene rings is 1. The largest absolute Gasteiger partial charge is 0.387 e. The van der Waals surface area contributed by atoms with Gasteiger partial charge in [-0.2, -0.15) is 0 Å². The third kappa shape index (κ3) is 2.63. The molecule has 3 N–H and O–H groups in total. The number of rotatable bonds is 4. The second-order valence-electron chi connectivity index (χ2n) is 3.51. The first kappa shape index (κ1) is 11.2. The molecule has 1 heterocycles. The first-order valence-electron chi connectivity index (χ1n) is 5.34. The number of nitrogens with zero attached hydrogens (tertiary/aromatic N) is 1. The molecule has 0 aliphatic carbocycles. The minimum Gasteiger partial charge on any atom is -0.387 e. The lowest BCUT2D eigenvalue weighted by Crippen LogP contribution is -2.24. The molecule has 1 aromatic heterocycles. The van der Waals surface area contributed by atoms with Crippen LogP contribution in [0.5, 0.6) is 0 Å². The van der Waals surface area contributed by atoms with Crippen molar-refractivity contribution in [2.45, 2.75) is 6.54 Å². The second-order valence-corrected chi connectivity index (χ2v) is 3.51. The molecule has 0 radical (unpaired) electrons. The Bertz CT molecular complexity index is 493. The minimum absolute atomic E-state index is 0.119. The number of hydrogen-bond acceptors (Lipinski definition) is 3. The average Bonchev–Trinajstić information content (AvgIpc) is 2.89. The Balaban J connectivity index is 2.04. The summed E-state index contributed by atoms with van der Waals surface area (Å²) in [7, 11) is 1.79. The van der Waals surface area contributed by atoms with E-state index < -0.39 is 0 Å². The molecule has 2 aromatic rings. The number of aromatic amines is 1. The van der Waals surface area contributed by atoms with E-state index in [0.29, 0.717) is 12.1 Å². The van der Waals surface area contributed by atoms with Crippen molar-refractivity contribution in [1.82, 2.24) is 15.3 Å². The van der Waals surface area contributed by atoms with E-state index in [0.717, 1.165) is 11.5 Å². The second kappa shape index (κ2) is 5.16. The molecule has 0 spiro atoms. The molecule has 0 bridgehead atoms. The SMILES string of the molecule is CNc1ccccc1C(=O)NCc1ncc[nH]1. The maximum absolute atomic E-state index is 11.9. The fourth-order valence-corrected chi connectivity index (χ4v) is 1.55. The highest BCUT2D eigenvalue weighted by Crippen LogP contribution is 2.13. The highest BCUT2D eigenvalue weighted by atomic mass is 16.1. The first-order chi connectivity index (χ1) is 8.31. The number of hydrogen-bond donors (Lipinski definition) is 3. The van der Waals surface area contributed by atoms with Gasteiger partial charge in [-0.05, 0) is 12.1 Å². The molecule has 1 aromatic carbocycles. The van der Waals surface area contributed by atoms with Crippen molar-refractivity contribution in [2.75, 3.05) is 12.4 Å². The maximum Gasteiger partial charge on any atom is 0.253 e. The van der Waals surface area contributed by atoms with E-state index in [-0.39, 0.29) is 5.91 Å². The van der Waals surface area contributed by atoms with Gasteiger partial charge < -0.3 is 15.6 Å². The van der Waals surface area contributed by atoms with Crippen LogP contribution in [-0.4, -0.2) is 22.9 Å². The maximum atomic E-state index is 11.9. The van der Waals surface area contributed by atoms with Gasteiger partial charge in [0.05, 0.1) is 12.1 Å². The molecule has 17 heavy (non-hydrogen) atoms. The highest BCUT2D eigenvalue weighted by molar-refractivity contribution is 5.99. The summed E-state index contributed by atoms with van der Waals surface area (Å²) < 4.78 is 0. The Labute approximate surface area is 99.3 Å². The van der Waals surface area contributed by atoms with Gasteiger partial charge in [-0.15, -0.1) is 0 Å². The summed E-state index contributed by atoms with van der Waals surface area (Å²) in [5.41, 5.74) is 1.44. The zero-order valence-corrected chi connectivity index (χ0v) is 9.53. The quantitative estimate of drug-likeness (QED) is 0.743. The molecule has 0 atom stereocenters. The van der Waals surface area contributed by atoms with Gasteiger partial charge >= 0.3 is 0 Å². The van der Waals surface area contributed by atoms with Crippen LogP contribution in [0.4, 0.5) is 5.69 Å². The Kier molecular flexibility index (Phi) is 3.40. The molecule has 0 aliphatic rings. The molecule has 0 fully saturated rings. The van der Waals surface area contributed by atoms with Crippen molar-refractivity contribution >= 4 is 11.6 Å². The van der Waals surface area contributed by atoms with Crippen LogP contribution in [0.3, 0.4) is 0 Å². The van der Waals surface area contributed by atoms with Gasteiger partial charge in [0.2, 0.25) is 0 Å². The molecule has 0 saturated carbocycles. The van der Waals surface area contributed by atoms with Crippen LogP contribution >= 0.6 is 0 Å². The molecule has 1 amide bonds. The van der Waals surface area contributed by atoms with Gasteiger partial charge in [0.25, 0.3) is 5.91 Å². The predicted octanol–water partition coefficient (Wildman–Crippen LogP) is 1.38. The van der Waals surface area contributed by atoms with E-state index in [1.165, 1.54) is 0 Å². The van der Waals surface area contributed by atoms with Crippen molar-refractivity contribution in [2.24, 2.45) is 0 Å². The van der Waals surface area contributed by atoms with Crippen molar-refractivity contribution in [3.8, 4) is 0 Å². The summed E-state index contributed by atoms with van der Waals surface area (Å²) >= 11 is 0. The smallest absolute Gasteiger partial charge is 0.253 e. The number of nitrogens with one attached hydrogen (secondary N) is 3. The Morgan fingerprint density at radius 1 is 1.41 bits per heavy atom. The Hall–Kier alpha value is -2.30. The molecule has 0 saturated heterocycles. The van der Waals surface area contributed by atoms with Crippen molar-refractivity contribution in [3.05, 3.63) is 48.0 Å². The number of anilines is 1. The van der Waals surface area contributed by atoms with E-state index >= 15 is 0 Å². The summed E-state index contributed by atoms with van der Waals surface area (Å²) in [6.45, 7) is 0.393. The van der Waals surface area contributed by atoms with E-state index in [2.05, 4.69) is 20.6 Å². The first-order valence-corrected chi connectivity index (χ1v) is 5.34. The monoisotopic (exact) mass is 230 g/mol. The number of carbonyl (C=O) groups excluding carboxylic acids is 1. The van der Waals surface area contributed by atoms with E-state index in [4.69, 9.17) is 0 Å². The zero-order valence-electron chi connectivity index (χ0n) is 9.53. The lowest BCUT2D eigenvalue weighted by Gasteiger charge is -2.08. The summed E-state index contributed by atoms with van der Waals surface area (Å²) in [5.74, 6) is 0.617. The minimum atomic E-state index is -0.119. The Morgan fingerprint density at radius 3 is 2.94 bits per heavy atom. The van der Waals surface area contributed by atoms with E-state index in [9.17, 15) is 4.79 Å². The van der Waals surface area contributed by atoms with Crippen LogP contribution in [0, 0.1) is 0 Å². The van der Waals surface area contributed by atoms with Crippen LogP contribution in [-0.2, 0) is 6.54 Å². The number of H-pyrrole nitrogens is 1. The normalized spacial score (nSPS) is 9.94. The van der Waals surface area contributed by atoms with Gasteiger partial charge in [0, 0.05) is 25.1 Å². The third-order valence-corrected chi connectivity index (χ3v) is 2.41. The average molecular weight is 230 g/mol. The number of imidazole rings is 1. The van der Waals surface area contributed by atoms with Crippen molar-refractivity contribution in [3.63, 3.8) is 0 Å². The summed E-state index contributed by atoms with van der Waals surface area (Å²) in [4.78, 5) is 18.9. The van der Waals surface area contributed by atoms with E-state index in [1.807, 2.05) is 18.2 Å². The molecular formula is C12H14N4O. The predicted molar refractivity (Wildman–Crippen MR) is 65.7 cm³/mol. The summed E-state index contributed by atoms with van der Waals surface area (Å²) in [5, 5.41) is 5.79. The molecule has 5 heteroatoms. The van der Waals surface area contributed by atoms with Gasteiger partial charge in [0.15, 0.2) is 0 Å². The number of aromatic nitrogens is 2. The zero-order chi connectivity index (χ0) is 12.1. The topological polar surface area (TPSA) is 69.8 Å². The van der Waals surface area contributed by atoms with Crippen LogP contribution in [0.25, 0.3) is 0 Å². The molecule has 0 aliphatic heterocycles. The molecule has 0 unspecified atom stereocenters. The van der Waals surface area contributed by atoms with Crippen molar-refractivity contribution < 1.29 is 4.79 Å². The van der Waals surface area contributed by atoms with Gasteiger partial charge in [-0.1, -0.05) is 12.1 Å². The van der Waals surface area contributed by atoms with Crippen molar-refractivity contribution in [1.29, 1.82) is 0 Å². The van der Waals surface area contributed by atoms with Crippen LogP contribution < -0.4 is 10.6 Å². The summed E-state index contributed by atoms with van der Waals surface area (Å²) in [6, 6.07) is 7.36. The van der Waals surface area contributed by atoms with Crippen LogP contribution in [0.2, 0.25) is 0 Å². The lowest BCUT2D eigenvalue weighted by atomic mass is 10.1. The van der Waals surface area contributed by atoms with Gasteiger partial charge in [-0.3, -0.25) is 4.79 Å². The highest BCUT2D eigenvalue weighted by Gasteiger charge is 2.09.